The summed E-state index contributed by atoms with van der Waals surface area (Å²) in [5.41, 5.74) is 5.46. The second kappa shape index (κ2) is 6.61. The third-order valence-corrected chi connectivity index (χ3v) is 4.70. The Balaban J connectivity index is 1.73. The largest absolute Gasteiger partial charge is 0.387 e. The number of nitrogens with one attached hydrogen (secondary N) is 3. The van der Waals surface area contributed by atoms with Crippen molar-refractivity contribution in [3.8, 4) is 11.1 Å². The summed E-state index contributed by atoms with van der Waals surface area (Å²) < 4.78 is 13.5. The van der Waals surface area contributed by atoms with Crippen molar-refractivity contribution in [2.75, 3.05) is 18.4 Å². The molecule has 0 aliphatic carbocycles. The Bertz CT molecular complexity index is 766. The van der Waals surface area contributed by atoms with Gasteiger partial charge in [0.25, 0.3) is 0 Å². The van der Waals surface area contributed by atoms with Crippen LogP contribution in [0.1, 0.15) is 24.0 Å². The highest BCUT2D eigenvalue weighted by atomic mass is 19.1. The van der Waals surface area contributed by atoms with Crippen LogP contribution in [0.3, 0.4) is 0 Å². The molecule has 0 spiro atoms. The summed E-state index contributed by atoms with van der Waals surface area (Å²) in [5.74, 6) is -0.449. The number of benzene rings is 1. The zero-order chi connectivity index (χ0) is 16.4. The fraction of sp³-hybridized carbons (Fsp3) is 0.316. The van der Waals surface area contributed by atoms with Crippen molar-refractivity contribution < 1.29 is 4.39 Å². The highest BCUT2D eigenvalue weighted by Gasteiger charge is 2.17. The van der Waals surface area contributed by atoms with Crippen LogP contribution >= 0.6 is 0 Å². The van der Waals surface area contributed by atoms with Crippen LogP contribution in [0, 0.1) is 5.95 Å². The van der Waals surface area contributed by atoms with Crippen LogP contribution in [0.4, 0.5) is 10.1 Å². The van der Waals surface area contributed by atoms with Crippen molar-refractivity contribution in [2.24, 2.45) is 0 Å². The van der Waals surface area contributed by atoms with Gasteiger partial charge in [-0.3, -0.25) is 0 Å². The summed E-state index contributed by atoms with van der Waals surface area (Å²) in [6.07, 6.45) is 7.79. The van der Waals surface area contributed by atoms with Gasteiger partial charge >= 0.3 is 0 Å². The maximum atomic E-state index is 13.5. The van der Waals surface area contributed by atoms with E-state index in [4.69, 9.17) is 0 Å². The molecule has 1 aromatic carbocycles. The molecule has 24 heavy (non-hydrogen) atoms. The average Bonchev–Trinajstić information content (AvgIpc) is 2.62. The smallest absolute Gasteiger partial charge is 0.213 e. The van der Waals surface area contributed by atoms with E-state index in [1.807, 2.05) is 12.3 Å². The second-order valence-electron chi connectivity index (χ2n) is 6.34. The van der Waals surface area contributed by atoms with Crippen LogP contribution in [-0.4, -0.2) is 24.1 Å². The standard InChI is InChI=1S/C19H21FN4/c20-19-11-13(2-8-23-19)15-9-14-1-5-22-12-17(14)18(10-15)24-16-3-6-21-7-4-16/h1-2,5,8-11,16,21-22,24H,3-4,6-7,12H2. The Morgan fingerprint density at radius 1 is 1.12 bits per heavy atom. The molecule has 2 aromatic rings. The minimum Gasteiger partial charge on any atom is -0.387 e. The first kappa shape index (κ1) is 15.1. The van der Waals surface area contributed by atoms with Crippen LogP contribution in [-0.2, 0) is 6.54 Å². The van der Waals surface area contributed by atoms with Crippen molar-refractivity contribution in [3.63, 3.8) is 0 Å². The van der Waals surface area contributed by atoms with E-state index >= 15 is 0 Å². The van der Waals surface area contributed by atoms with Crippen molar-refractivity contribution in [1.82, 2.24) is 15.6 Å². The van der Waals surface area contributed by atoms with E-state index in [0.29, 0.717) is 6.04 Å². The van der Waals surface area contributed by atoms with Crippen molar-refractivity contribution in [1.29, 1.82) is 0 Å². The van der Waals surface area contributed by atoms with Gasteiger partial charge in [0.1, 0.15) is 0 Å². The topological polar surface area (TPSA) is 49.0 Å². The molecule has 1 saturated heterocycles. The van der Waals surface area contributed by atoms with Crippen LogP contribution in [0.5, 0.6) is 0 Å². The Morgan fingerprint density at radius 2 is 2.00 bits per heavy atom. The fourth-order valence-electron chi connectivity index (χ4n) is 3.41. The number of aromatic nitrogens is 1. The summed E-state index contributed by atoms with van der Waals surface area (Å²) >= 11 is 0. The van der Waals surface area contributed by atoms with Crippen molar-refractivity contribution in [2.45, 2.75) is 25.4 Å². The molecular formula is C19H21FN4. The molecule has 1 fully saturated rings. The molecule has 2 aliphatic heterocycles. The zero-order valence-corrected chi connectivity index (χ0v) is 13.5. The van der Waals surface area contributed by atoms with Crippen LogP contribution < -0.4 is 16.0 Å². The second-order valence-corrected chi connectivity index (χ2v) is 6.34. The lowest BCUT2D eigenvalue weighted by Gasteiger charge is -2.27. The fourth-order valence-corrected chi connectivity index (χ4v) is 3.41. The van der Waals surface area contributed by atoms with E-state index in [-0.39, 0.29) is 0 Å². The first-order valence-corrected chi connectivity index (χ1v) is 8.45. The van der Waals surface area contributed by atoms with Gasteiger partial charge in [-0.15, -0.1) is 0 Å². The Morgan fingerprint density at radius 3 is 2.83 bits per heavy atom. The molecule has 2 aliphatic rings. The highest BCUT2D eigenvalue weighted by Crippen LogP contribution is 2.32. The quantitative estimate of drug-likeness (QED) is 0.759. The molecule has 4 nitrogen and oxygen atoms in total. The predicted molar refractivity (Wildman–Crippen MR) is 95.0 cm³/mol. The SMILES string of the molecule is Fc1cc(-c2cc3c(c(NC4CCNCC4)c2)CNC=C3)ccn1. The zero-order valence-electron chi connectivity index (χ0n) is 13.5. The molecule has 0 bridgehead atoms. The van der Waals surface area contributed by atoms with E-state index in [1.165, 1.54) is 23.4 Å². The van der Waals surface area contributed by atoms with Gasteiger partial charge < -0.3 is 16.0 Å². The number of halogens is 1. The molecule has 0 amide bonds. The number of fused-ring (bicyclic) bond motifs is 1. The summed E-state index contributed by atoms with van der Waals surface area (Å²) in [7, 11) is 0. The van der Waals surface area contributed by atoms with Gasteiger partial charge in [-0.1, -0.05) is 0 Å². The molecule has 3 heterocycles. The van der Waals surface area contributed by atoms with Crippen molar-refractivity contribution in [3.05, 3.63) is 53.7 Å². The minimum absolute atomic E-state index is 0.449. The first-order chi connectivity index (χ1) is 11.8. The van der Waals surface area contributed by atoms with Gasteiger partial charge in [-0.05, 0) is 73.1 Å². The van der Waals surface area contributed by atoms with E-state index < -0.39 is 5.95 Å². The Hall–Kier alpha value is -2.40. The van der Waals surface area contributed by atoms with E-state index in [1.54, 1.807) is 0 Å². The summed E-state index contributed by atoms with van der Waals surface area (Å²) in [5, 5.41) is 10.4. The molecule has 0 saturated carbocycles. The highest BCUT2D eigenvalue weighted by molar-refractivity contribution is 5.77. The van der Waals surface area contributed by atoms with Crippen molar-refractivity contribution >= 4 is 11.8 Å². The lowest BCUT2D eigenvalue weighted by atomic mass is 9.95. The predicted octanol–water partition coefficient (Wildman–Crippen LogP) is 3.13. The Kier molecular flexibility index (Phi) is 4.17. The number of pyridine rings is 1. The van der Waals surface area contributed by atoms with Gasteiger partial charge in [0.2, 0.25) is 5.95 Å². The lowest BCUT2D eigenvalue weighted by Crippen LogP contribution is -2.35. The number of hydrogen-bond donors (Lipinski definition) is 3. The number of hydrogen-bond acceptors (Lipinski definition) is 4. The average molecular weight is 324 g/mol. The molecule has 1 aromatic heterocycles. The Labute approximate surface area is 141 Å². The van der Waals surface area contributed by atoms with E-state index in [9.17, 15) is 4.39 Å². The first-order valence-electron chi connectivity index (χ1n) is 8.45. The lowest BCUT2D eigenvalue weighted by molar-refractivity contribution is 0.479. The normalized spacial score (nSPS) is 17.2. The molecule has 5 heteroatoms. The molecule has 0 radical (unpaired) electrons. The number of rotatable bonds is 3. The molecule has 4 rings (SSSR count). The summed E-state index contributed by atoms with van der Waals surface area (Å²) in [4.78, 5) is 3.66. The molecule has 3 N–H and O–H groups in total. The molecule has 0 atom stereocenters. The van der Waals surface area contributed by atoms with E-state index in [0.717, 1.165) is 49.3 Å². The molecular weight excluding hydrogens is 303 g/mol. The van der Waals surface area contributed by atoms with Gasteiger partial charge in [0.05, 0.1) is 0 Å². The maximum Gasteiger partial charge on any atom is 0.213 e. The summed E-state index contributed by atoms with van der Waals surface area (Å²) in [6.45, 7) is 2.91. The van der Waals surface area contributed by atoms with E-state index in [2.05, 4.69) is 39.1 Å². The van der Waals surface area contributed by atoms with Gasteiger partial charge in [0.15, 0.2) is 0 Å². The van der Waals surface area contributed by atoms with Crippen LogP contribution in [0.25, 0.3) is 17.2 Å². The maximum absolute atomic E-state index is 13.5. The van der Waals surface area contributed by atoms with Gasteiger partial charge in [-0.25, -0.2) is 4.98 Å². The molecule has 0 unspecified atom stereocenters. The number of piperidine rings is 1. The van der Waals surface area contributed by atoms with Gasteiger partial charge in [0, 0.05) is 36.1 Å². The monoisotopic (exact) mass is 324 g/mol. The number of nitrogens with zero attached hydrogens (tertiary/aromatic N) is 1. The van der Waals surface area contributed by atoms with Gasteiger partial charge in [-0.2, -0.15) is 4.39 Å². The van der Waals surface area contributed by atoms with Crippen LogP contribution in [0.2, 0.25) is 0 Å². The summed E-state index contributed by atoms with van der Waals surface area (Å²) in [6, 6.07) is 8.07. The van der Waals surface area contributed by atoms with Crippen LogP contribution in [0.15, 0.2) is 36.7 Å². The number of anilines is 1. The third kappa shape index (κ3) is 3.12. The molecule has 124 valence electrons. The third-order valence-electron chi connectivity index (χ3n) is 4.70. The minimum atomic E-state index is -0.449.